The van der Waals surface area contributed by atoms with Crippen molar-refractivity contribution in [3.8, 4) is 6.07 Å². The topological polar surface area (TPSA) is 49.7 Å². The Kier molecular flexibility index (Phi) is 7.57. The molecule has 1 aromatic carbocycles. The molecule has 0 atom stereocenters. The number of imidazole rings is 1. The molecular weight excluding hydrogens is 402 g/mol. The van der Waals surface area contributed by atoms with Crippen LogP contribution in [0.2, 0.25) is 0 Å². The van der Waals surface area contributed by atoms with E-state index in [1.807, 2.05) is 39.2 Å². The maximum atomic E-state index is 12.6. The Bertz CT molecular complexity index is 874. The maximum absolute atomic E-state index is 12.6. The average Bonchev–Trinajstić information content (AvgIpc) is 2.88. The summed E-state index contributed by atoms with van der Waals surface area (Å²) in [5.74, 6) is 0.243. The number of benzene rings is 1. The van der Waals surface area contributed by atoms with E-state index in [1.165, 1.54) is 0 Å². The van der Waals surface area contributed by atoms with Crippen LogP contribution in [0.3, 0.4) is 0 Å². The van der Waals surface area contributed by atoms with Crippen LogP contribution in [-0.4, -0.2) is 10.4 Å². The van der Waals surface area contributed by atoms with Crippen LogP contribution in [0.4, 0.5) is 0 Å². The number of hydrogen-bond acceptors (Lipinski definition) is 2. The van der Waals surface area contributed by atoms with E-state index in [4.69, 9.17) is 5.26 Å². The monoisotopic (exact) mass is 431 g/mol. The Morgan fingerprint density at radius 3 is 2.33 bits per heavy atom. The quantitative estimate of drug-likeness (QED) is 0.676. The smallest absolute Gasteiger partial charge is 0.249 e. The van der Waals surface area contributed by atoms with E-state index >= 15 is 0 Å². The first-order valence-corrected chi connectivity index (χ1v) is 9.14. The number of fused-ring (bicyclic) bond motifs is 1. The van der Waals surface area contributed by atoms with Gasteiger partial charge >= 0.3 is 0 Å². The number of Topliss-reactive ketones (excluding diaryl/α,β-unsaturated/α-hetero) is 1. The molecule has 0 unspecified atom stereocenters. The van der Waals surface area contributed by atoms with Gasteiger partial charge in [-0.15, -0.1) is 0 Å². The number of rotatable bonds is 5. The second-order valence-electron chi connectivity index (χ2n) is 8.87. The van der Waals surface area contributed by atoms with Crippen LogP contribution < -0.4 is 21.5 Å². The summed E-state index contributed by atoms with van der Waals surface area (Å²) < 4.78 is 4.18. The molecule has 1 aromatic heterocycles. The Hall–Kier alpha value is -1.93. The third kappa shape index (κ3) is 5.77. The molecule has 0 aliphatic carbocycles. The lowest BCUT2D eigenvalue weighted by Crippen LogP contribution is -3.00. The standard InChI is InChI=1S/C22H30N3O.BrH/c1-21(2,3)17(14-20(26)22(4,5)6)15-25-16-24(13-9-12-23)18-10-7-8-11-19(18)25;/h7-8,10-11,15-16H,9,13-14H2,1-6H3;1H/q+1;/p-1/b17-15-;. The number of carbonyl (C=O) groups is 1. The lowest BCUT2D eigenvalue weighted by molar-refractivity contribution is -0.670. The number of nitrogens with zero attached hydrogens (tertiary/aromatic N) is 3. The fraction of sp³-hybridized carbons (Fsp3) is 0.500. The normalized spacial score (nSPS) is 12.6. The molecule has 5 heteroatoms. The third-order valence-corrected chi connectivity index (χ3v) is 4.64. The first-order chi connectivity index (χ1) is 12.0. The van der Waals surface area contributed by atoms with Crippen LogP contribution in [-0.2, 0) is 11.3 Å². The summed E-state index contributed by atoms with van der Waals surface area (Å²) in [7, 11) is 0. The van der Waals surface area contributed by atoms with Gasteiger partial charge in [-0.05, 0) is 23.1 Å². The van der Waals surface area contributed by atoms with E-state index in [2.05, 4.69) is 54.3 Å². The fourth-order valence-electron chi connectivity index (χ4n) is 2.76. The van der Waals surface area contributed by atoms with Gasteiger partial charge in [0, 0.05) is 11.8 Å². The number of aryl methyl sites for hydroxylation is 1. The minimum absolute atomic E-state index is 0. The molecule has 146 valence electrons. The Labute approximate surface area is 173 Å². The molecular formula is C22H30BrN3O. The molecule has 1 heterocycles. The molecule has 2 rings (SSSR count). The van der Waals surface area contributed by atoms with Gasteiger partial charge in [-0.3, -0.25) is 4.79 Å². The number of carbonyl (C=O) groups excluding carboxylic acids is 1. The number of halogens is 1. The van der Waals surface area contributed by atoms with E-state index in [9.17, 15) is 4.79 Å². The molecule has 0 radical (unpaired) electrons. The van der Waals surface area contributed by atoms with Crippen LogP contribution in [0.1, 0.15) is 54.4 Å². The summed E-state index contributed by atoms with van der Waals surface area (Å²) >= 11 is 0. The van der Waals surface area contributed by atoms with E-state index in [0.29, 0.717) is 19.4 Å². The van der Waals surface area contributed by atoms with E-state index < -0.39 is 0 Å². The van der Waals surface area contributed by atoms with Crippen molar-refractivity contribution in [3.05, 3.63) is 36.2 Å². The van der Waals surface area contributed by atoms with E-state index in [-0.39, 0.29) is 33.6 Å². The molecule has 0 saturated heterocycles. The predicted octanol–water partition coefficient (Wildman–Crippen LogP) is 1.74. The van der Waals surface area contributed by atoms with Crippen molar-refractivity contribution in [1.82, 2.24) is 4.57 Å². The highest BCUT2D eigenvalue weighted by Gasteiger charge is 2.28. The van der Waals surface area contributed by atoms with E-state index in [1.54, 1.807) is 0 Å². The Morgan fingerprint density at radius 2 is 1.78 bits per heavy atom. The minimum atomic E-state index is -0.351. The predicted molar refractivity (Wildman–Crippen MR) is 105 cm³/mol. The fourth-order valence-corrected chi connectivity index (χ4v) is 2.76. The number of para-hydroxylation sites is 2. The van der Waals surface area contributed by atoms with Crippen molar-refractivity contribution in [3.63, 3.8) is 0 Å². The number of allylic oxidation sites excluding steroid dienone is 1. The molecule has 0 N–H and O–H groups in total. The van der Waals surface area contributed by atoms with Gasteiger partial charge in [0.15, 0.2) is 11.0 Å². The van der Waals surface area contributed by atoms with Gasteiger partial charge in [-0.1, -0.05) is 53.7 Å². The average molecular weight is 432 g/mol. The SMILES string of the molecule is CC(C)(C)C(=O)C/C(=C/n1c[n+](CCC#N)c2ccccc21)C(C)(C)C.[Br-]. The zero-order chi connectivity index (χ0) is 19.5. The summed E-state index contributed by atoms with van der Waals surface area (Å²) in [5, 5.41) is 8.91. The molecule has 0 spiro atoms. The second kappa shape index (κ2) is 8.84. The molecule has 0 amide bonds. The molecule has 2 aromatic rings. The van der Waals surface area contributed by atoms with Crippen LogP contribution in [0.15, 0.2) is 36.2 Å². The Morgan fingerprint density at radius 1 is 1.15 bits per heavy atom. The van der Waals surface area contributed by atoms with Gasteiger partial charge in [-0.25, -0.2) is 9.13 Å². The van der Waals surface area contributed by atoms with Gasteiger partial charge in [0.2, 0.25) is 6.33 Å². The highest BCUT2D eigenvalue weighted by atomic mass is 79.9. The summed E-state index contributed by atoms with van der Waals surface area (Å²) in [4.78, 5) is 12.6. The summed E-state index contributed by atoms with van der Waals surface area (Å²) in [6, 6.07) is 10.4. The van der Waals surface area contributed by atoms with Gasteiger partial charge in [0.05, 0.1) is 18.7 Å². The number of aromatic nitrogens is 2. The zero-order valence-electron chi connectivity index (χ0n) is 17.2. The van der Waals surface area contributed by atoms with Gasteiger partial charge < -0.3 is 17.0 Å². The summed E-state index contributed by atoms with van der Waals surface area (Å²) in [6.07, 6.45) is 5.03. The lowest BCUT2D eigenvalue weighted by Gasteiger charge is -2.25. The lowest BCUT2D eigenvalue weighted by atomic mass is 9.79. The van der Waals surface area contributed by atoms with E-state index in [0.717, 1.165) is 16.6 Å². The van der Waals surface area contributed by atoms with Crippen molar-refractivity contribution in [1.29, 1.82) is 5.26 Å². The van der Waals surface area contributed by atoms with Gasteiger partial charge in [0.25, 0.3) is 0 Å². The Balaban J connectivity index is 0.00000364. The molecule has 27 heavy (non-hydrogen) atoms. The zero-order valence-corrected chi connectivity index (χ0v) is 18.8. The number of ketones is 1. The third-order valence-electron chi connectivity index (χ3n) is 4.64. The van der Waals surface area contributed by atoms with Crippen molar-refractivity contribution < 1.29 is 26.3 Å². The molecule has 0 aliphatic rings. The molecule has 0 bridgehead atoms. The van der Waals surface area contributed by atoms with Crippen molar-refractivity contribution in [2.75, 3.05) is 0 Å². The summed E-state index contributed by atoms with van der Waals surface area (Å²) in [6.45, 7) is 13.0. The number of hydrogen-bond donors (Lipinski definition) is 0. The van der Waals surface area contributed by atoms with Crippen molar-refractivity contribution in [2.24, 2.45) is 10.8 Å². The van der Waals surface area contributed by atoms with Crippen LogP contribution >= 0.6 is 0 Å². The molecule has 4 nitrogen and oxygen atoms in total. The van der Waals surface area contributed by atoms with Gasteiger partial charge in [0.1, 0.15) is 12.3 Å². The molecule has 0 saturated carbocycles. The first-order valence-electron chi connectivity index (χ1n) is 9.14. The van der Waals surface area contributed by atoms with Crippen molar-refractivity contribution in [2.45, 2.75) is 60.9 Å². The second-order valence-corrected chi connectivity index (χ2v) is 8.87. The van der Waals surface area contributed by atoms with Crippen LogP contribution in [0.25, 0.3) is 17.2 Å². The van der Waals surface area contributed by atoms with Gasteiger partial charge in [-0.2, -0.15) is 5.26 Å². The first kappa shape index (κ1) is 23.1. The summed E-state index contributed by atoms with van der Waals surface area (Å²) in [5.41, 5.74) is 2.81. The van der Waals surface area contributed by atoms with Crippen LogP contribution in [0.5, 0.6) is 0 Å². The largest absolute Gasteiger partial charge is 1.00 e. The minimum Gasteiger partial charge on any atom is -1.00 e. The maximum Gasteiger partial charge on any atom is 0.249 e. The van der Waals surface area contributed by atoms with Crippen molar-refractivity contribution >= 4 is 23.0 Å². The number of nitriles is 1. The molecule has 0 fully saturated rings. The van der Waals surface area contributed by atoms with Crippen LogP contribution in [0, 0.1) is 22.2 Å². The molecule has 0 aliphatic heterocycles. The highest BCUT2D eigenvalue weighted by Crippen LogP contribution is 2.32. The highest BCUT2D eigenvalue weighted by molar-refractivity contribution is 5.86.